The molecule has 0 atom stereocenters. The number of halogens is 4. The lowest BCUT2D eigenvalue weighted by atomic mass is 9.91. The maximum absolute atomic E-state index is 14.0. The Morgan fingerprint density at radius 3 is 2.35 bits per heavy atom. The second kappa shape index (κ2) is 14.6. The Morgan fingerprint density at radius 2 is 1.71 bits per heavy atom. The van der Waals surface area contributed by atoms with Gasteiger partial charge in [0, 0.05) is 57.3 Å². The van der Waals surface area contributed by atoms with Crippen LogP contribution in [0.15, 0.2) is 48.9 Å². The van der Waals surface area contributed by atoms with Crippen LogP contribution >= 0.6 is 11.6 Å². The summed E-state index contributed by atoms with van der Waals surface area (Å²) in [6, 6.07) is 7.32. The molecule has 0 aliphatic carbocycles. The number of hydrogen-bond acceptors (Lipinski definition) is 7. The number of nitrogens with one attached hydrogen (secondary N) is 2. The van der Waals surface area contributed by atoms with Crippen molar-refractivity contribution in [3.05, 3.63) is 71.0 Å². The maximum atomic E-state index is 14.0. The molecule has 3 amide bonds. The van der Waals surface area contributed by atoms with Crippen molar-refractivity contribution in [3.8, 4) is 17.1 Å². The highest BCUT2D eigenvalue weighted by molar-refractivity contribution is 6.34. The van der Waals surface area contributed by atoms with Gasteiger partial charge in [0.2, 0.25) is 5.91 Å². The zero-order chi connectivity index (χ0) is 37.4. The van der Waals surface area contributed by atoms with Crippen LogP contribution in [0.4, 0.5) is 24.5 Å². The Kier molecular flexibility index (Phi) is 10.3. The zero-order valence-electron chi connectivity index (χ0n) is 29.1. The molecule has 1 aromatic carbocycles. The molecule has 6 rings (SSSR count). The van der Waals surface area contributed by atoms with Gasteiger partial charge < -0.3 is 30.3 Å². The second-order valence-corrected chi connectivity index (χ2v) is 14.5. The van der Waals surface area contributed by atoms with Gasteiger partial charge in [-0.15, -0.1) is 0 Å². The number of piperidine rings is 2. The van der Waals surface area contributed by atoms with Gasteiger partial charge in [-0.05, 0) is 49.1 Å². The van der Waals surface area contributed by atoms with E-state index in [4.69, 9.17) is 17.3 Å². The van der Waals surface area contributed by atoms with E-state index in [1.165, 1.54) is 48.1 Å². The molecular formula is C35H41ClF3N10O3+. The smallest absolute Gasteiger partial charge is 0.397 e. The van der Waals surface area contributed by atoms with Crippen LogP contribution in [0.1, 0.15) is 52.4 Å². The summed E-state index contributed by atoms with van der Waals surface area (Å²) in [5.41, 5.74) is 4.97. The van der Waals surface area contributed by atoms with Crippen LogP contribution in [0.3, 0.4) is 0 Å². The first-order valence-corrected chi connectivity index (χ1v) is 17.4. The van der Waals surface area contributed by atoms with Gasteiger partial charge in [-0.2, -0.15) is 18.3 Å². The van der Waals surface area contributed by atoms with Gasteiger partial charge in [0.05, 0.1) is 67.1 Å². The van der Waals surface area contributed by atoms with E-state index >= 15 is 0 Å². The third-order valence-electron chi connectivity index (χ3n) is 9.92. The number of rotatable bonds is 8. The van der Waals surface area contributed by atoms with Crippen molar-refractivity contribution in [2.75, 3.05) is 57.9 Å². The van der Waals surface area contributed by atoms with Crippen LogP contribution in [0.5, 0.6) is 0 Å². The number of nitrogens with zero attached hydrogens (tertiary/aromatic N) is 7. The zero-order valence-corrected chi connectivity index (χ0v) is 29.8. The first-order chi connectivity index (χ1) is 24.6. The number of carbonyl (C=O) groups excluding carboxylic acids is 3. The second-order valence-electron chi connectivity index (χ2n) is 14.1. The van der Waals surface area contributed by atoms with E-state index in [0.29, 0.717) is 25.3 Å². The van der Waals surface area contributed by atoms with E-state index < -0.39 is 17.8 Å². The fraction of sp³-hybridized carbons (Fsp3) is 0.429. The predicted octanol–water partition coefficient (Wildman–Crippen LogP) is 4.63. The maximum Gasteiger partial charge on any atom is 0.435 e. The van der Waals surface area contributed by atoms with Crippen molar-refractivity contribution >= 4 is 40.7 Å². The summed E-state index contributed by atoms with van der Waals surface area (Å²) in [7, 11) is 5.81. The highest BCUT2D eigenvalue weighted by Gasteiger charge is 2.39. The van der Waals surface area contributed by atoms with E-state index in [1.54, 1.807) is 0 Å². The average molecular weight is 742 g/mol. The molecule has 0 spiro atoms. The number of quaternary nitrogens is 1. The van der Waals surface area contributed by atoms with Gasteiger partial charge >= 0.3 is 6.18 Å². The van der Waals surface area contributed by atoms with Crippen LogP contribution in [0.2, 0.25) is 5.02 Å². The molecular weight excluding hydrogens is 701 g/mol. The minimum absolute atomic E-state index is 0.00534. The minimum Gasteiger partial charge on any atom is -0.397 e. The SMILES string of the molecule is Cn1c(-c2cn(-c3ccc(N)cn3)nc2C(F)(F)F)cnc1C(=O)Nc1ccc(C(=O)NCC2CCN(C(=O)C3CC[N+](C)(C)CC3)CC2)c(Cl)c1. The standard InChI is InChI=1S/C35H40ClF3N10O3/c1-46-28(26-20-48(45-30(26)35(37,38)39)29-7-4-23(40)18-41-29)19-42-31(46)33(51)44-24-5-6-25(27(36)16-24)32(50)43-17-21-8-12-47(13-9-21)34(52)22-10-14-49(2,3)15-11-22/h4-7,16,18-22H,8-15,17,40H2,1-3H3,(H-,43,44,50,51)/p+1. The van der Waals surface area contributed by atoms with Crippen molar-refractivity contribution in [3.63, 3.8) is 0 Å². The van der Waals surface area contributed by atoms with Crippen LogP contribution < -0.4 is 16.4 Å². The molecule has 17 heteroatoms. The molecule has 52 heavy (non-hydrogen) atoms. The predicted molar refractivity (Wildman–Crippen MR) is 189 cm³/mol. The molecule has 2 aliphatic rings. The molecule has 0 radical (unpaired) electrons. The van der Waals surface area contributed by atoms with Crippen molar-refractivity contribution < 1.29 is 32.0 Å². The summed E-state index contributed by atoms with van der Waals surface area (Å²) in [5, 5.41) is 9.39. The number of imidazole rings is 1. The summed E-state index contributed by atoms with van der Waals surface area (Å²) in [5.74, 6) is -0.555. The van der Waals surface area contributed by atoms with E-state index in [1.807, 2.05) is 4.90 Å². The van der Waals surface area contributed by atoms with Crippen molar-refractivity contribution in [2.45, 2.75) is 31.9 Å². The first-order valence-electron chi connectivity index (χ1n) is 17.0. The number of pyridine rings is 1. The Hall–Kier alpha value is -4.96. The number of alkyl halides is 3. The van der Waals surface area contributed by atoms with Crippen LogP contribution in [0, 0.1) is 11.8 Å². The van der Waals surface area contributed by atoms with Gasteiger partial charge in [-0.25, -0.2) is 14.6 Å². The lowest BCUT2D eigenvalue weighted by molar-refractivity contribution is -0.895. The Bertz CT molecular complexity index is 1960. The molecule has 2 aliphatic heterocycles. The summed E-state index contributed by atoms with van der Waals surface area (Å²) in [6.07, 6.45) is 2.23. The normalized spacial score (nSPS) is 16.9. The fourth-order valence-electron chi connectivity index (χ4n) is 6.72. The molecule has 0 saturated carbocycles. The fourth-order valence-corrected chi connectivity index (χ4v) is 6.98. The third kappa shape index (κ3) is 8.07. The molecule has 13 nitrogen and oxygen atoms in total. The molecule has 2 saturated heterocycles. The highest BCUT2D eigenvalue weighted by Crippen LogP contribution is 2.37. The van der Waals surface area contributed by atoms with E-state index in [9.17, 15) is 27.6 Å². The first kappa shape index (κ1) is 36.8. The highest BCUT2D eigenvalue weighted by atomic mass is 35.5. The van der Waals surface area contributed by atoms with Crippen molar-refractivity contribution in [2.24, 2.45) is 18.9 Å². The molecule has 2 fully saturated rings. The minimum atomic E-state index is -4.81. The van der Waals surface area contributed by atoms with Gasteiger partial charge in [-0.1, -0.05) is 11.6 Å². The van der Waals surface area contributed by atoms with Gasteiger partial charge in [0.25, 0.3) is 11.8 Å². The molecule has 4 N–H and O–H groups in total. The topological polar surface area (TPSA) is 153 Å². The number of nitrogen functional groups attached to an aromatic ring is 1. The Labute approximate surface area is 303 Å². The van der Waals surface area contributed by atoms with E-state index in [2.05, 4.69) is 39.8 Å². The van der Waals surface area contributed by atoms with Crippen LogP contribution in [-0.2, 0) is 18.0 Å². The Morgan fingerprint density at radius 1 is 1.00 bits per heavy atom. The van der Waals surface area contributed by atoms with Gasteiger partial charge in [0.1, 0.15) is 0 Å². The van der Waals surface area contributed by atoms with E-state index in [-0.39, 0.29) is 62.8 Å². The molecule has 3 aromatic heterocycles. The number of anilines is 2. The molecule has 5 heterocycles. The summed E-state index contributed by atoms with van der Waals surface area (Å²) in [6.45, 7) is 3.81. The molecule has 4 aromatic rings. The van der Waals surface area contributed by atoms with Crippen LogP contribution in [0.25, 0.3) is 17.1 Å². The van der Waals surface area contributed by atoms with Crippen molar-refractivity contribution in [1.82, 2.24) is 34.5 Å². The Balaban J connectivity index is 1.05. The van der Waals surface area contributed by atoms with E-state index in [0.717, 1.165) is 60.3 Å². The molecule has 276 valence electrons. The number of aromatic nitrogens is 5. The number of amides is 3. The molecule has 0 unspecified atom stereocenters. The summed E-state index contributed by atoms with van der Waals surface area (Å²) in [4.78, 5) is 49.4. The summed E-state index contributed by atoms with van der Waals surface area (Å²) < 4.78 is 45.2. The lowest BCUT2D eigenvalue weighted by Crippen LogP contribution is -2.50. The number of likely N-dealkylation sites (tertiary alicyclic amines) is 2. The lowest BCUT2D eigenvalue weighted by Gasteiger charge is -2.39. The number of carbonyl (C=O) groups is 3. The average Bonchev–Trinajstić information content (AvgIpc) is 3.72. The largest absolute Gasteiger partial charge is 0.435 e. The monoisotopic (exact) mass is 741 g/mol. The number of hydrogen-bond donors (Lipinski definition) is 3. The molecule has 0 bridgehead atoms. The van der Waals surface area contributed by atoms with Crippen molar-refractivity contribution in [1.29, 1.82) is 0 Å². The summed E-state index contributed by atoms with van der Waals surface area (Å²) >= 11 is 6.45. The number of benzene rings is 1. The number of nitrogens with two attached hydrogens (primary N) is 1. The third-order valence-corrected chi connectivity index (χ3v) is 10.2. The van der Waals surface area contributed by atoms with Gasteiger partial charge in [-0.3, -0.25) is 14.4 Å². The van der Waals surface area contributed by atoms with Gasteiger partial charge in [0.15, 0.2) is 17.3 Å². The quantitative estimate of drug-likeness (QED) is 0.223. The van der Waals surface area contributed by atoms with Crippen LogP contribution in [-0.4, -0.2) is 98.2 Å².